The van der Waals surface area contributed by atoms with E-state index in [1.807, 2.05) is 44.0 Å². The van der Waals surface area contributed by atoms with Crippen LogP contribution in [0.4, 0.5) is 5.69 Å². The number of anilines is 1. The summed E-state index contributed by atoms with van der Waals surface area (Å²) in [6.45, 7) is 11.0. The summed E-state index contributed by atoms with van der Waals surface area (Å²) < 4.78 is 6.33. The molecule has 1 N–H and O–H groups in total. The number of phenolic OH excluding ortho intramolecular Hbond substituents is 1. The predicted octanol–water partition coefficient (Wildman–Crippen LogP) is 5.39. The zero-order chi connectivity index (χ0) is 20.1. The number of ether oxygens (including phenoxy) is 1. The molecule has 0 aromatic heterocycles. The monoisotopic (exact) mass is 376 g/mol. The van der Waals surface area contributed by atoms with E-state index in [-0.39, 0.29) is 5.60 Å². The van der Waals surface area contributed by atoms with Crippen molar-refractivity contribution >= 4 is 17.5 Å². The topological polar surface area (TPSA) is 45.1 Å². The van der Waals surface area contributed by atoms with E-state index in [1.54, 1.807) is 0 Å². The van der Waals surface area contributed by atoms with Crippen LogP contribution in [-0.4, -0.2) is 23.0 Å². The van der Waals surface area contributed by atoms with Gasteiger partial charge in [0, 0.05) is 11.1 Å². The third-order valence-corrected chi connectivity index (χ3v) is 5.90. The molecule has 0 saturated carbocycles. The third kappa shape index (κ3) is 3.17. The van der Waals surface area contributed by atoms with Gasteiger partial charge in [-0.15, -0.1) is 0 Å². The Balaban J connectivity index is 1.77. The molecule has 2 aliphatic rings. The average Bonchev–Trinajstić information content (AvgIpc) is 3.04. The highest BCUT2D eigenvalue weighted by Crippen LogP contribution is 2.44. The first-order valence-electron chi connectivity index (χ1n) is 9.89. The summed E-state index contributed by atoms with van der Waals surface area (Å²) in [5, 5.41) is 17.7. The van der Waals surface area contributed by atoms with Crippen LogP contribution >= 0.6 is 0 Å². The number of hydrogen-bond acceptors (Lipinski definition) is 4. The molecule has 2 heterocycles. The molecule has 0 saturated heterocycles. The fourth-order valence-corrected chi connectivity index (χ4v) is 3.97. The van der Waals surface area contributed by atoms with Crippen molar-refractivity contribution in [3.8, 4) is 11.5 Å². The summed E-state index contributed by atoms with van der Waals surface area (Å²) in [6.07, 6.45) is 3.93. The molecule has 2 aliphatic heterocycles. The van der Waals surface area contributed by atoms with Gasteiger partial charge in [-0.3, -0.25) is 5.01 Å². The van der Waals surface area contributed by atoms with Crippen LogP contribution in [0.5, 0.6) is 11.5 Å². The summed E-state index contributed by atoms with van der Waals surface area (Å²) >= 11 is 0. The van der Waals surface area contributed by atoms with Crippen molar-refractivity contribution < 1.29 is 9.84 Å². The van der Waals surface area contributed by atoms with Crippen LogP contribution < -0.4 is 9.75 Å². The van der Waals surface area contributed by atoms with Crippen molar-refractivity contribution in [2.24, 2.45) is 5.10 Å². The Bertz CT molecular complexity index is 988. The number of para-hydroxylation sites is 1. The molecule has 0 fully saturated rings. The van der Waals surface area contributed by atoms with Gasteiger partial charge in [0.1, 0.15) is 17.1 Å². The Morgan fingerprint density at radius 2 is 1.82 bits per heavy atom. The van der Waals surface area contributed by atoms with E-state index in [4.69, 9.17) is 9.84 Å². The second-order valence-corrected chi connectivity index (χ2v) is 8.43. The lowest BCUT2D eigenvalue weighted by molar-refractivity contribution is 0.0833. The summed E-state index contributed by atoms with van der Waals surface area (Å²) in [4.78, 5) is 0. The number of phenols is 1. The first-order valence-corrected chi connectivity index (χ1v) is 9.89. The molecular weight excluding hydrogens is 348 g/mol. The van der Waals surface area contributed by atoms with Crippen molar-refractivity contribution in [1.82, 2.24) is 0 Å². The Morgan fingerprint density at radius 3 is 2.54 bits per heavy atom. The number of hydrogen-bond donors (Lipinski definition) is 1. The molecule has 0 bridgehead atoms. The first kappa shape index (κ1) is 18.6. The van der Waals surface area contributed by atoms with E-state index in [9.17, 15) is 5.11 Å². The number of fused-ring (bicyclic) bond motifs is 1. The first-order chi connectivity index (χ1) is 13.3. The van der Waals surface area contributed by atoms with Gasteiger partial charge in [0.05, 0.1) is 17.9 Å². The van der Waals surface area contributed by atoms with Crippen LogP contribution in [0.1, 0.15) is 49.4 Å². The van der Waals surface area contributed by atoms with Crippen LogP contribution in [0.3, 0.4) is 0 Å². The number of nitrogens with zero attached hydrogens (tertiary/aromatic N) is 2. The highest BCUT2D eigenvalue weighted by molar-refractivity contribution is 6.06. The summed E-state index contributed by atoms with van der Waals surface area (Å²) in [7, 11) is 0. The molecule has 0 spiro atoms. The van der Waals surface area contributed by atoms with Crippen LogP contribution in [0.25, 0.3) is 6.08 Å². The minimum Gasteiger partial charge on any atom is -0.507 e. The van der Waals surface area contributed by atoms with Crippen LogP contribution in [-0.2, 0) is 6.42 Å². The Morgan fingerprint density at radius 1 is 1.11 bits per heavy atom. The van der Waals surface area contributed by atoms with Gasteiger partial charge in [-0.05, 0) is 82.4 Å². The summed E-state index contributed by atoms with van der Waals surface area (Å²) in [5.41, 5.74) is 6.90. The minimum atomic E-state index is -0.180. The van der Waals surface area contributed by atoms with Gasteiger partial charge in [-0.25, -0.2) is 0 Å². The smallest absolute Gasteiger partial charge is 0.127 e. The molecule has 0 unspecified atom stereocenters. The molecule has 0 aliphatic carbocycles. The van der Waals surface area contributed by atoms with Crippen molar-refractivity contribution in [3.05, 3.63) is 58.2 Å². The molecule has 0 amide bonds. The maximum atomic E-state index is 10.9. The molecule has 2 aromatic carbocycles. The molecule has 0 radical (unpaired) electrons. The molecule has 4 heteroatoms. The average molecular weight is 377 g/mol. The quantitative estimate of drug-likeness (QED) is 0.764. The maximum absolute atomic E-state index is 10.9. The number of aromatic hydroxyl groups is 1. The molecule has 4 rings (SSSR count). The normalized spacial score (nSPS) is 19.4. The predicted molar refractivity (Wildman–Crippen MR) is 115 cm³/mol. The van der Waals surface area contributed by atoms with E-state index in [1.165, 1.54) is 0 Å². The zero-order valence-corrected chi connectivity index (χ0v) is 17.3. The van der Waals surface area contributed by atoms with Crippen LogP contribution in [0.2, 0.25) is 0 Å². The number of benzene rings is 2. The van der Waals surface area contributed by atoms with Gasteiger partial charge in [0.25, 0.3) is 0 Å². The van der Waals surface area contributed by atoms with Gasteiger partial charge >= 0.3 is 0 Å². The third-order valence-electron chi connectivity index (χ3n) is 5.90. The number of rotatable bonds is 2. The summed E-state index contributed by atoms with van der Waals surface area (Å²) in [5.74, 6) is 1.30. The highest BCUT2D eigenvalue weighted by Gasteiger charge is 2.32. The van der Waals surface area contributed by atoms with Gasteiger partial charge in [0.2, 0.25) is 0 Å². The van der Waals surface area contributed by atoms with Crippen molar-refractivity contribution in [1.29, 1.82) is 0 Å². The Hall–Kier alpha value is -2.75. The van der Waals surface area contributed by atoms with Gasteiger partial charge in [-0.1, -0.05) is 18.2 Å². The molecule has 0 atom stereocenters. The highest BCUT2D eigenvalue weighted by atomic mass is 16.5. The fraction of sp³-hybridized carbons (Fsp3) is 0.375. The van der Waals surface area contributed by atoms with Crippen molar-refractivity contribution in [2.75, 3.05) is 11.6 Å². The SMILES string of the molecule is CC1=NN(c2ccccc2)CC1=Cc1c(O)c(C)c(C)c2c1CCC(C)(C)O2. The second kappa shape index (κ2) is 6.69. The molecule has 2 aromatic rings. The Kier molecular flexibility index (Phi) is 4.45. The fourth-order valence-electron chi connectivity index (χ4n) is 3.97. The van der Waals surface area contributed by atoms with Crippen LogP contribution in [0, 0.1) is 13.8 Å². The van der Waals surface area contributed by atoms with E-state index in [0.29, 0.717) is 12.3 Å². The standard InChI is InChI=1S/C24H28N2O2/c1-15-16(2)23-20(11-12-24(4,5)28-23)21(22(15)27)13-18-14-26(25-17(18)3)19-9-7-6-8-10-19/h6-10,13,27H,11-12,14H2,1-5H3. The largest absolute Gasteiger partial charge is 0.507 e. The lowest BCUT2D eigenvalue weighted by Crippen LogP contribution is -2.33. The Labute approximate surface area is 167 Å². The van der Waals surface area contributed by atoms with Crippen molar-refractivity contribution in [2.45, 2.75) is 53.1 Å². The molecular formula is C24H28N2O2. The van der Waals surface area contributed by atoms with Crippen LogP contribution in [0.15, 0.2) is 41.0 Å². The van der Waals surface area contributed by atoms with E-state index < -0.39 is 0 Å². The minimum absolute atomic E-state index is 0.180. The maximum Gasteiger partial charge on any atom is 0.127 e. The lowest BCUT2D eigenvalue weighted by atomic mass is 9.86. The van der Waals surface area contributed by atoms with Gasteiger partial charge in [0.15, 0.2) is 0 Å². The van der Waals surface area contributed by atoms with Crippen molar-refractivity contribution in [3.63, 3.8) is 0 Å². The zero-order valence-electron chi connectivity index (χ0n) is 17.3. The number of hydrazone groups is 1. The molecule has 28 heavy (non-hydrogen) atoms. The van der Waals surface area contributed by atoms with E-state index in [0.717, 1.165) is 57.8 Å². The van der Waals surface area contributed by atoms with Gasteiger partial charge in [-0.2, -0.15) is 5.10 Å². The lowest BCUT2D eigenvalue weighted by Gasteiger charge is -2.35. The molecule has 4 nitrogen and oxygen atoms in total. The van der Waals surface area contributed by atoms with Gasteiger partial charge < -0.3 is 9.84 Å². The van der Waals surface area contributed by atoms with E-state index >= 15 is 0 Å². The second-order valence-electron chi connectivity index (χ2n) is 8.43. The molecule has 146 valence electrons. The summed E-state index contributed by atoms with van der Waals surface area (Å²) in [6, 6.07) is 10.2. The van der Waals surface area contributed by atoms with E-state index in [2.05, 4.69) is 32.1 Å².